The van der Waals surface area contributed by atoms with E-state index in [0.717, 1.165) is 18.7 Å². The average molecular weight is 367 g/mol. The Morgan fingerprint density at radius 2 is 1.09 bits per heavy atom. The Hall–Kier alpha value is 0.0500. The first-order chi connectivity index (χ1) is 11.2. The van der Waals surface area contributed by atoms with Gasteiger partial charge in [0.25, 0.3) is 0 Å². The van der Waals surface area contributed by atoms with E-state index < -0.39 is 0 Å². The summed E-state index contributed by atoms with van der Waals surface area (Å²) in [5.41, 5.74) is 0. The van der Waals surface area contributed by atoms with Crippen LogP contribution in [0.4, 0.5) is 0 Å². The fraction of sp³-hybridized carbons (Fsp3) is 0.947. The lowest BCUT2D eigenvalue weighted by molar-refractivity contribution is -0.138. The zero-order valence-electron chi connectivity index (χ0n) is 15.0. The monoisotopic (exact) mass is 366 g/mol. The van der Waals surface area contributed by atoms with E-state index in [4.69, 9.17) is 23.5 Å². The fourth-order valence-electron chi connectivity index (χ4n) is 2.86. The highest BCUT2D eigenvalue weighted by atomic mass is 35.5. The summed E-state index contributed by atoms with van der Waals surface area (Å²) in [7, 11) is 0. The quantitative estimate of drug-likeness (QED) is 0.198. The molecule has 0 N–H and O–H groups in total. The molecule has 0 amide bonds. The standard InChI is InChI=1S/C19H36Cl2O2/c1-18(19(22)23-21)16-14-12-10-8-6-4-2-3-5-7-9-11-13-15-17-20/h18H,2-17H2,1H3. The lowest BCUT2D eigenvalue weighted by Gasteiger charge is -2.07. The molecule has 23 heavy (non-hydrogen) atoms. The van der Waals surface area contributed by atoms with Crippen LogP contribution in [-0.2, 0) is 9.08 Å². The molecule has 0 aromatic carbocycles. The van der Waals surface area contributed by atoms with Crippen molar-refractivity contribution in [3.63, 3.8) is 0 Å². The van der Waals surface area contributed by atoms with Crippen LogP contribution in [0.3, 0.4) is 0 Å². The van der Waals surface area contributed by atoms with Crippen molar-refractivity contribution < 1.29 is 9.08 Å². The van der Waals surface area contributed by atoms with Crippen molar-refractivity contribution in [2.45, 2.75) is 103 Å². The lowest BCUT2D eigenvalue weighted by Crippen LogP contribution is -2.10. The maximum absolute atomic E-state index is 11.1. The molecule has 0 aromatic heterocycles. The smallest absolute Gasteiger partial charge is 0.327 e. The Balaban J connectivity index is 3.09. The van der Waals surface area contributed by atoms with Crippen molar-refractivity contribution in [2.24, 2.45) is 5.92 Å². The summed E-state index contributed by atoms with van der Waals surface area (Å²) in [5, 5.41) is 0. The van der Waals surface area contributed by atoms with Crippen LogP contribution in [0, 0.1) is 5.92 Å². The van der Waals surface area contributed by atoms with Crippen LogP contribution in [-0.4, -0.2) is 11.8 Å². The number of carbonyl (C=O) groups is 1. The van der Waals surface area contributed by atoms with Gasteiger partial charge < -0.3 is 4.29 Å². The predicted octanol–water partition coefficient (Wildman–Crippen LogP) is 7.41. The van der Waals surface area contributed by atoms with Gasteiger partial charge in [-0.3, -0.25) is 4.79 Å². The van der Waals surface area contributed by atoms with Crippen molar-refractivity contribution in [2.75, 3.05) is 5.88 Å². The molecule has 0 aliphatic carbocycles. The summed E-state index contributed by atoms with van der Waals surface area (Å²) < 4.78 is 4.21. The summed E-state index contributed by atoms with van der Waals surface area (Å²) in [6, 6.07) is 0. The first kappa shape index (κ1) is 23.1. The molecule has 0 radical (unpaired) electrons. The summed E-state index contributed by atoms with van der Waals surface area (Å²) in [6.45, 7) is 1.88. The molecule has 4 heteroatoms. The normalized spacial score (nSPS) is 12.3. The largest absolute Gasteiger partial charge is 0.347 e. The van der Waals surface area contributed by atoms with Crippen LogP contribution < -0.4 is 0 Å². The topological polar surface area (TPSA) is 26.3 Å². The van der Waals surface area contributed by atoms with Gasteiger partial charge in [0.1, 0.15) is 11.9 Å². The van der Waals surface area contributed by atoms with Gasteiger partial charge in [0.15, 0.2) is 0 Å². The van der Waals surface area contributed by atoms with E-state index in [9.17, 15) is 4.79 Å². The summed E-state index contributed by atoms with van der Waals surface area (Å²) in [5.74, 6) is 0.451. The third kappa shape index (κ3) is 16.7. The molecular formula is C19H36Cl2O2. The highest BCUT2D eigenvalue weighted by molar-refractivity contribution is 6.17. The van der Waals surface area contributed by atoms with E-state index in [1.807, 2.05) is 6.92 Å². The SMILES string of the molecule is CC(CCCCCCCCCCCCCCCCCl)C(=O)OCl. The van der Waals surface area contributed by atoms with E-state index in [1.54, 1.807) is 0 Å². The molecule has 138 valence electrons. The Kier molecular flexibility index (Phi) is 18.4. The zero-order valence-corrected chi connectivity index (χ0v) is 16.5. The first-order valence-electron chi connectivity index (χ1n) is 9.60. The van der Waals surface area contributed by atoms with E-state index >= 15 is 0 Å². The second-order valence-corrected chi connectivity index (χ2v) is 7.26. The highest BCUT2D eigenvalue weighted by Gasteiger charge is 2.13. The van der Waals surface area contributed by atoms with Crippen molar-refractivity contribution in [3.05, 3.63) is 0 Å². The van der Waals surface area contributed by atoms with E-state index in [-0.39, 0.29) is 11.9 Å². The molecule has 1 unspecified atom stereocenters. The third-order valence-corrected chi connectivity index (χ3v) is 4.92. The molecule has 0 aliphatic heterocycles. The van der Waals surface area contributed by atoms with E-state index in [0.29, 0.717) is 0 Å². The maximum atomic E-state index is 11.1. The van der Waals surface area contributed by atoms with Crippen LogP contribution in [0.1, 0.15) is 103 Å². The van der Waals surface area contributed by atoms with Gasteiger partial charge in [0.2, 0.25) is 0 Å². The van der Waals surface area contributed by atoms with Crippen LogP contribution >= 0.6 is 23.5 Å². The second kappa shape index (κ2) is 18.4. The Labute approximate surface area is 153 Å². The second-order valence-electron chi connectivity index (χ2n) is 6.72. The van der Waals surface area contributed by atoms with Gasteiger partial charge in [-0.25, -0.2) is 0 Å². The third-order valence-electron chi connectivity index (χ3n) is 4.50. The minimum absolute atomic E-state index is 0.0672. The Morgan fingerprint density at radius 1 is 0.739 bits per heavy atom. The minimum Gasteiger partial charge on any atom is -0.347 e. The molecule has 0 fully saturated rings. The number of rotatable bonds is 17. The molecule has 1 atom stereocenters. The van der Waals surface area contributed by atoms with Crippen molar-refractivity contribution >= 4 is 29.4 Å². The average Bonchev–Trinajstić information content (AvgIpc) is 2.57. The van der Waals surface area contributed by atoms with Gasteiger partial charge in [-0.05, 0) is 12.8 Å². The molecule has 0 heterocycles. The fourth-order valence-corrected chi connectivity index (χ4v) is 3.20. The van der Waals surface area contributed by atoms with Crippen molar-refractivity contribution in [1.29, 1.82) is 0 Å². The van der Waals surface area contributed by atoms with Gasteiger partial charge in [-0.15, -0.1) is 11.6 Å². The van der Waals surface area contributed by atoms with E-state index in [2.05, 4.69) is 4.29 Å². The van der Waals surface area contributed by atoms with Crippen molar-refractivity contribution in [1.82, 2.24) is 0 Å². The van der Waals surface area contributed by atoms with Crippen LogP contribution in [0.25, 0.3) is 0 Å². The van der Waals surface area contributed by atoms with Gasteiger partial charge >= 0.3 is 5.97 Å². The number of alkyl halides is 1. The molecule has 2 nitrogen and oxygen atoms in total. The Morgan fingerprint density at radius 3 is 1.43 bits per heavy atom. The number of carbonyl (C=O) groups excluding carboxylic acids is 1. The predicted molar refractivity (Wildman–Crippen MR) is 101 cm³/mol. The first-order valence-corrected chi connectivity index (χ1v) is 10.4. The van der Waals surface area contributed by atoms with E-state index in [1.165, 1.54) is 83.5 Å². The molecule has 0 bridgehead atoms. The molecule has 0 saturated heterocycles. The molecule has 0 rings (SSSR count). The molecule has 0 spiro atoms. The molecular weight excluding hydrogens is 331 g/mol. The van der Waals surface area contributed by atoms with Crippen molar-refractivity contribution in [3.8, 4) is 0 Å². The lowest BCUT2D eigenvalue weighted by atomic mass is 10.0. The van der Waals surface area contributed by atoms with Crippen LogP contribution in [0.15, 0.2) is 0 Å². The molecule has 0 saturated carbocycles. The molecule has 0 aliphatic rings. The number of unbranched alkanes of at least 4 members (excludes halogenated alkanes) is 13. The maximum Gasteiger partial charge on any atom is 0.327 e. The summed E-state index contributed by atoms with van der Waals surface area (Å²) in [6.07, 6.45) is 19.3. The Bertz CT molecular complexity index is 260. The van der Waals surface area contributed by atoms with Gasteiger partial charge in [-0.1, -0.05) is 90.4 Å². The van der Waals surface area contributed by atoms with Gasteiger partial charge in [-0.2, -0.15) is 0 Å². The highest BCUT2D eigenvalue weighted by Crippen LogP contribution is 2.15. The van der Waals surface area contributed by atoms with Gasteiger partial charge in [0.05, 0.1) is 5.92 Å². The summed E-state index contributed by atoms with van der Waals surface area (Å²) >= 11 is 10.7. The number of hydrogen-bond donors (Lipinski definition) is 0. The van der Waals surface area contributed by atoms with Crippen LogP contribution in [0.5, 0.6) is 0 Å². The zero-order chi connectivity index (χ0) is 17.2. The number of hydrogen-bond acceptors (Lipinski definition) is 2. The van der Waals surface area contributed by atoms with Crippen LogP contribution in [0.2, 0.25) is 0 Å². The van der Waals surface area contributed by atoms with Gasteiger partial charge in [0, 0.05) is 5.88 Å². The molecule has 0 aromatic rings. The summed E-state index contributed by atoms with van der Waals surface area (Å²) in [4.78, 5) is 11.1. The minimum atomic E-state index is -0.300. The number of halogens is 2.